The van der Waals surface area contributed by atoms with Crippen LogP contribution in [0.5, 0.6) is 0 Å². The molecular formula is C12H20N4. The van der Waals surface area contributed by atoms with Crippen LogP contribution in [0, 0.1) is 5.92 Å². The number of aromatic nitrogens is 2. The molecule has 0 atom stereocenters. The molecule has 88 valence electrons. The Labute approximate surface area is 96.9 Å². The van der Waals surface area contributed by atoms with E-state index >= 15 is 0 Å². The van der Waals surface area contributed by atoms with E-state index < -0.39 is 0 Å². The highest BCUT2D eigenvalue weighted by Crippen LogP contribution is 2.13. The summed E-state index contributed by atoms with van der Waals surface area (Å²) in [5.74, 6) is 1.25. The molecule has 1 aliphatic heterocycles. The van der Waals surface area contributed by atoms with E-state index in [4.69, 9.17) is 5.73 Å². The molecule has 1 aromatic heterocycles. The van der Waals surface area contributed by atoms with Crippen molar-refractivity contribution in [1.29, 1.82) is 0 Å². The monoisotopic (exact) mass is 220 g/mol. The molecule has 16 heavy (non-hydrogen) atoms. The van der Waals surface area contributed by atoms with Crippen LogP contribution >= 0.6 is 0 Å². The molecule has 1 aliphatic rings. The van der Waals surface area contributed by atoms with Gasteiger partial charge >= 0.3 is 0 Å². The van der Waals surface area contributed by atoms with Crippen LogP contribution in [0.1, 0.15) is 25.2 Å². The van der Waals surface area contributed by atoms with E-state index in [0.29, 0.717) is 11.7 Å². The second-order valence-electron chi connectivity index (χ2n) is 4.88. The second kappa shape index (κ2) is 4.78. The van der Waals surface area contributed by atoms with E-state index in [9.17, 15) is 0 Å². The molecular weight excluding hydrogens is 200 g/mol. The zero-order valence-electron chi connectivity index (χ0n) is 10.1. The molecule has 0 aliphatic carbocycles. The Kier molecular flexibility index (Phi) is 3.39. The van der Waals surface area contributed by atoms with E-state index in [2.05, 4.69) is 28.7 Å². The zero-order chi connectivity index (χ0) is 11.5. The summed E-state index contributed by atoms with van der Waals surface area (Å²) in [6, 6.07) is 0. The molecule has 0 aromatic carbocycles. The third-order valence-electron chi connectivity index (χ3n) is 2.90. The van der Waals surface area contributed by atoms with E-state index in [0.717, 1.165) is 43.9 Å². The van der Waals surface area contributed by atoms with Gasteiger partial charge in [-0.25, -0.2) is 4.98 Å². The molecule has 0 amide bonds. The van der Waals surface area contributed by atoms with Crippen LogP contribution in [0.25, 0.3) is 0 Å². The summed E-state index contributed by atoms with van der Waals surface area (Å²) in [4.78, 5) is 11.2. The highest BCUT2D eigenvalue weighted by molar-refractivity contribution is 5.28. The van der Waals surface area contributed by atoms with Crippen LogP contribution in [0.4, 0.5) is 5.82 Å². The average Bonchev–Trinajstić information content (AvgIpc) is 2.40. The maximum atomic E-state index is 5.66. The second-order valence-corrected chi connectivity index (χ2v) is 4.88. The number of hydrogen-bond acceptors (Lipinski definition) is 4. The Morgan fingerprint density at radius 1 is 1.31 bits per heavy atom. The first kappa shape index (κ1) is 11.3. The highest BCUT2D eigenvalue weighted by Gasteiger charge is 2.16. The fourth-order valence-electron chi connectivity index (χ4n) is 2.22. The number of fused-ring (bicyclic) bond motifs is 1. The van der Waals surface area contributed by atoms with Gasteiger partial charge in [-0.05, 0) is 5.92 Å². The first-order chi connectivity index (χ1) is 7.65. The minimum Gasteiger partial charge on any atom is -0.382 e. The van der Waals surface area contributed by atoms with Crippen LogP contribution in [0.15, 0.2) is 6.20 Å². The maximum absolute atomic E-state index is 5.66. The van der Waals surface area contributed by atoms with Crippen molar-refractivity contribution in [3.63, 3.8) is 0 Å². The molecule has 2 heterocycles. The van der Waals surface area contributed by atoms with Gasteiger partial charge in [0.25, 0.3) is 0 Å². The molecule has 4 nitrogen and oxygen atoms in total. The summed E-state index contributed by atoms with van der Waals surface area (Å²) < 4.78 is 0. The molecule has 4 heteroatoms. The lowest BCUT2D eigenvalue weighted by Gasteiger charge is -2.21. The Morgan fingerprint density at radius 2 is 2.00 bits per heavy atom. The third-order valence-corrected chi connectivity index (χ3v) is 2.90. The normalized spacial score (nSPS) is 17.2. The summed E-state index contributed by atoms with van der Waals surface area (Å²) in [7, 11) is 0. The number of nitrogens with zero attached hydrogens (tertiary/aromatic N) is 3. The SMILES string of the molecule is CC(C)CN1CCc2ncc(N)nc2CC1. The molecule has 0 radical (unpaired) electrons. The van der Waals surface area contributed by atoms with Gasteiger partial charge in [-0.1, -0.05) is 13.8 Å². The van der Waals surface area contributed by atoms with Gasteiger partial charge in [0.2, 0.25) is 0 Å². The van der Waals surface area contributed by atoms with Gasteiger partial charge in [-0.15, -0.1) is 0 Å². The third kappa shape index (κ3) is 2.70. The molecule has 1 aromatic rings. The summed E-state index contributed by atoms with van der Waals surface area (Å²) in [6.07, 6.45) is 3.63. The quantitative estimate of drug-likeness (QED) is 0.811. The van der Waals surface area contributed by atoms with Crippen molar-refractivity contribution in [3.05, 3.63) is 17.6 Å². The van der Waals surface area contributed by atoms with Crippen LogP contribution < -0.4 is 5.73 Å². The zero-order valence-corrected chi connectivity index (χ0v) is 10.1. The molecule has 0 spiro atoms. The fourth-order valence-corrected chi connectivity index (χ4v) is 2.22. The van der Waals surface area contributed by atoms with Gasteiger partial charge in [0.1, 0.15) is 5.82 Å². The van der Waals surface area contributed by atoms with Crippen LogP contribution in [-0.4, -0.2) is 34.5 Å². The van der Waals surface area contributed by atoms with E-state index in [-0.39, 0.29) is 0 Å². The molecule has 0 saturated heterocycles. The Morgan fingerprint density at radius 3 is 2.69 bits per heavy atom. The number of anilines is 1. The van der Waals surface area contributed by atoms with Crippen molar-refractivity contribution >= 4 is 5.82 Å². The Hall–Kier alpha value is -1.16. The average molecular weight is 220 g/mol. The van der Waals surface area contributed by atoms with Crippen molar-refractivity contribution < 1.29 is 0 Å². The first-order valence-electron chi connectivity index (χ1n) is 5.98. The van der Waals surface area contributed by atoms with Crippen LogP contribution in [0.3, 0.4) is 0 Å². The van der Waals surface area contributed by atoms with Gasteiger partial charge in [0.15, 0.2) is 0 Å². The first-order valence-corrected chi connectivity index (χ1v) is 5.98. The highest BCUT2D eigenvalue weighted by atomic mass is 15.1. The summed E-state index contributed by atoms with van der Waals surface area (Å²) in [5.41, 5.74) is 7.88. The predicted octanol–water partition coefficient (Wildman–Crippen LogP) is 1.12. The van der Waals surface area contributed by atoms with Gasteiger partial charge in [0, 0.05) is 32.5 Å². The lowest BCUT2D eigenvalue weighted by atomic mass is 10.2. The standard InChI is InChI=1S/C12H20N4/c1-9(2)8-16-5-3-10-11(4-6-16)15-12(13)7-14-10/h7,9H,3-6,8H2,1-2H3,(H2,13,15). The van der Waals surface area contributed by atoms with E-state index in [1.165, 1.54) is 0 Å². The van der Waals surface area contributed by atoms with E-state index in [1.807, 2.05) is 0 Å². The molecule has 0 saturated carbocycles. The van der Waals surface area contributed by atoms with Crippen molar-refractivity contribution in [1.82, 2.24) is 14.9 Å². The maximum Gasteiger partial charge on any atom is 0.142 e. The Balaban J connectivity index is 2.07. The van der Waals surface area contributed by atoms with Crippen molar-refractivity contribution in [2.45, 2.75) is 26.7 Å². The Bertz CT molecular complexity index is 362. The largest absolute Gasteiger partial charge is 0.382 e. The fraction of sp³-hybridized carbons (Fsp3) is 0.667. The van der Waals surface area contributed by atoms with Crippen LogP contribution in [0.2, 0.25) is 0 Å². The smallest absolute Gasteiger partial charge is 0.142 e. The number of nitrogens with two attached hydrogens (primary N) is 1. The summed E-state index contributed by atoms with van der Waals surface area (Å²) >= 11 is 0. The molecule has 2 N–H and O–H groups in total. The van der Waals surface area contributed by atoms with Crippen molar-refractivity contribution in [3.8, 4) is 0 Å². The number of rotatable bonds is 2. The van der Waals surface area contributed by atoms with Gasteiger partial charge < -0.3 is 10.6 Å². The minimum atomic E-state index is 0.538. The molecule has 0 fully saturated rings. The van der Waals surface area contributed by atoms with E-state index in [1.54, 1.807) is 6.20 Å². The molecule has 0 unspecified atom stereocenters. The van der Waals surface area contributed by atoms with Crippen LogP contribution in [-0.2, 0) is 12.8 Å². The summed E-state index contributed by atoms with van der Waals surface area (Å²) in [6.45, 7) is 7.83. The lowest BCUT2D eigenvalue weighted by Crippen LogP contribution is -2.30. The molecule has 0 bridgehead atoms. The van der Waals surface area contributed by atoms with Crippen molar-refractivity contribution in [2.24, 2.45) is 5.92 Å². The van der Waals surface area contributed by atoms with Gasteiger partial charge in [-0.3, -0.25) is 4.98 Å². The lowest BCUT2D eigenvalue weighted by molar-refractivity contribution is 0.255. The molecule has 2 rings (SSSR count). The minimum absolute atomic E-state index is 0.538. The van der Waals surface area contributed by atoms with Gasteiger partial charge in [0.05, 0.1) is 17.6 Å². The number of nitrogen functional groups attached to an aromatic ring is 1. The summed E-state index contributed by atoms with van der Waals surface area (Å²) in [5, 5.41) is 0. The predicted molar refractivity (Wildman–Crippen MR) is 65.1 cm³/mol. The number of hydrogen-bond donors (Lipinski definition) is 1. The topological polar surface area (TPSA) is 55.0 Å². The van der Waals surface area contributed by atoms with Crippen molar-refractivity contribution in [2.75, 3.05) is 25.4 Å². The van der Waals surface area contributed by atoms with Gasteiger partial charge in [-0.2, -0.15) is 0 Å².